The summed E-state index contributed by atoms with van der Waals surface area (Å²) in [6.07, 6.45) is 2.68. The molecule has 2 aliphatic heterocycles. The number of aromatic hydroxyl groups is 1. The Morgan fingerprint density at radius 1 is 1.12 bits per heavy atom. The summed E-state index contributed by atoms with van der Waals surface area (Å²) in [6.45, 7) is 6.48. The van der Waals surface area contributed by atoms with Crippen molar-refractivity contribution in [1.29, 1.82) is 0 Å². The number of piperidine rings is 1. The molecule has 2 heterocycles. The Bertz CT molecular complexity index is 621. The SMILES string of the molecule is C[C@@H]1C[C@H](C)CN(C(=O)[C@@H]2CCCN2C(=O)c2ccccc2O)C1. The Labute approximate surface area is 143 Å². The Hall–Kier alpha value is -2.04. The highest BCUT2D eigenvalue weighted by Crippen LogP contribution is 2.28. The van der Waals surface area contributed by atoms with E-state index >= 15 is 0 Å². The van der Waals surface area contributed by atoms with Crippen molar-refractivity contribution in [1.82, 2.24) is 9.80 Å². The van der Waals surface area contributed by atoms with E-state index in [0.717, 1.165) is 25.9 Å². The second kappa shape index (κ2) is 6.83. The predicted octanol–water partition coefficient (Wildman–Crippen LogP) is 2.50. The number of amides is 2. The molecule has 3 rings (SSSR count). The fraction of sp³-hybridized carbons (Fsp3) is 0.579. The van der Waals surface area contributed by atoms with Gasteiger partial charge >= 0.3 is 0 Å². The van der Waals surface area contributed by atoms with Gasteiger partial charge in [0.15, 0.2) is 0 Å². The van der Waals surface area contributed by atoms with E-state index in [4.69, 9.17) is 0 Å². The summed E-state index contributed by atoms with van der Waals surface area (Å²) in [5, 5.41) is 9.94. The van der Waals surface area contributed by atoms with Gasteiger partial charge in [-0.25, -0.2) is 0 Å². The number of phenols is 1. The highest BCUT2D eigenvalue weighted by Gasteiger charge is 2.39. The number of para-hydroxylation sites is 1. The fourth-order valence-corrected chi connectivity index (χ4v) is 4.13. The minimum Gasteiger partial charge on any atom is -0.507 e. The Morgan fingerprint density at radius 2 is 1.79 bits per heavy atom. The van der Waals surface area contributed by atoms with Gasteiger partial charge in [-0.1, -0.05) is 26.0 Å². The normalized spacial score (nSPS) is 27.3. The van der Waals surface area contributed by atoms with Gasteiger partial charge in [0, 0.05) is 19.6 Å². The molecule has 24 heavy (non-hydrogen) atoms. The van der Waals surface area contributed by atoms with E-state index in [1.165, 1.54) is 6.07 Å². The summed E-state index contributed by atoms with van der Waals surface area (Å²) in [4.78, 5) is 29.4. The van der Waals surface area contributed by atoms with Crippen LogP contribution in [0.15, 0.2) is 24.3 Å². The molecule has 1 aromatic rings. The molecule has 0 radical (unpaired) electrons. The van der Waals surface area contributed by atoms with Gasteiger partial charge in [0.1, 0.15) is 11.8 Å². The van der Waals surface area contributed by atoms with Crippen molar-refractivity contribution in [3.05, 3.63) is 29.8 Å². The lowest BCUT2D eigenvalue weighted by Crippen LogP contribution is -2.51. The lowest BCUT2D eigenvalue weighted by atomic mass is 9.91. The van der Waals surface area contributed by atoms with Crippen molar-refractivity contribution < 1.29 is 14.7 Å². The number of likely N-dealkylation sites (tertiary alicyclic amines) is 2. The van der Waals surface area contributed by atoms with Crippen LogP contribution in [0.3, 0.4) is 0 Å². The minimum atomic E-state index is -0.394. The van der Waals surface area contributed by atoms with Crippen LogP contribution >= 0.6 is 0 Å². The van der Waals surface area contributed by atoms with Crippen molar-refractivity contribution >= 4 is 11.8 Å². The molecular weight excluding hydrogens is 304 g/mol. The van der Waals surface area contributed by atoms with E-state index < -0.39 is 6.04 Å². The molecule has 2 saturated heterocycles. The third kappa shape index (κ3) is 3.25. The van der Waals surface area contributed by atoms with Gasteiger partial charge < -0.3 is 14.9 Å². The van der Waals surface area contributed by atoms with Gasteiger partial charge in [0.05, 0.1) is 5.56 Å². The number of rotatable bonds is 2. The lowest BCUT2D eigenvalue weighted by molar-refractivity contribution is -0.138. The van der Waals surface area contributed by atoms with Crippen LogP contribution in [-0.4, -0.2) is 52.4 Å². The van der Waals surface area contributed by atoms with Crippen LogP contribution in [0.25, 0.3) is 0 Å². The third-order valence-corrected chi connectivity index (χ3v) is 5.11. The van der Waals surface area contributed by atoms with Gasteiger partial charge in [0.25, 0.3) is 5.91 Å². The molecule has 2 fully saturated rings. The van der Waals surface area contributed by atoms with Crippen LogP contribution in [0.2, 0.25) is 0 Å². The first kappa shape index (κ1) is 16.8. The van der Waals surface area contributed by atoms with Crippen LogP contribution in [0.5, 0.6) is 5.75 Å². The molecule has 0 saturated carbocycles. The number of carbonyl (C=O) groups excluding carboxylic acids is 2. The van der Waals surface area contributed by atoms with Crippen LogP contribution in [-0.2, 0) is 4.79 Å². The summed E-state index contributed by atoms with van der Waals surface area (Å²) < 4.78 is 0. The molecule has 5 heteroatoms. The highest BCUT2D eigenvalue weighted by atomic mass is 16.3. The molecule has 0 aromatic heterocycles. The molecule has 1 N–H and O–H groups in total. The first-order valence-corrected chi connectivity index (χ1v) is 8.85. The summed E-state index contributed by atoms with van der Waals surface area (Å²) in [7, 11) is 0. The van der Waals surface area contributed by atoms with E-state index in [0.29, 0.717) is 24.8 Å². The number of benzene rings is 1. The molecule has 5 nitrogen and oxygen atoms in total. The van der Waals surface area contributed by atoms with E-state index in [1.807, 2.05) is 4.90 Å². The molecule has 3 atom stereocenters. The Kier molecular flexibility index (Phi) is 4.78. The average Bonchev–Trinajstić information content (AvgIpc) is 3.02. The molecule has 0 unspecified atom stereocenters. The average molecular weight is 330 g/mol. The molecule has 2 aliphatic rings. The van der Waals surface area contributed by atoms with Crippen molar-refractivity contribution in [2.24, 2.45) is 11.8 Å². The lowest BCUT2D eigenvalue weighted by Gasteiger charge is -2.38. The van der Waals surface area contributed by atoms with Crippen LogP contribution in [0.4, 0.5) is 0 Å². The summed E-state index contributed by atoms with van der Waals surface area (Å²) in [5.41, 5.74) is 0.276. The van der Waals surface area contributed by atoms with Crippen LogP contribution in [0, 0.1) is 11.8 Å². The molecule has 130 valence electrons. The topological polar surface area (TPSA) is 60.9 Å². The van der Waals surface area contributed by atoms with Gasteiger partial charge in [-0.2, -0.15) is 0 Å². The largest absolute Gasteiger partial charge is 0.507 e. The molecule has 0 aliphatic carbocycles. The number of phenolic OH excluding ortho intramolecular Hbond substituents is 1. The molecule has 0 spiro atoms. The van der Waals surface area contributed by atoms with Crippen LogP contribution < -0.4 is 0 Å². The Morgan fingerprint density at radius 3 is 2.46 bits per heavy atom. The zero-order chi connectivity index (χ0) is 17.3. The smallest absolute Gasteiger partial charge is 0.258 e. The van der Waals surface area contributed by atoms with Crippen molar-refractivity contribution in [2.75, 3.05) is 19.6 Å². The van der Waals surface area contributed by atoms with E-state index in [9.17, 15) is 14.7 Å². The van der Waals surface area contributed by atoms with Crippen molar-refractivity contribution in [3.63, 3.8) is 0 Å². The maximum Gasteiger partial charge on any atom is 0.258 e. The van der Waals surface area contributed by atoms with E-state index in [1.54, 1.807) is 23.1 Å². The van der Waals surface area contributed by atoms with Crippen molar-refractivity contribution in [2.45, 2.75) is 39.2 Å². The molecular formula is C19H26N2O3. The van der Waals surface area contributed by atoms with Gasteiger partial charge in [-0.15, -0.1) is 0 Å². The summed E-state index contributed by atoms with van der Waals surface area (Å²) in [5.74, 6) is 0.792. The van der Waals surface area contributed by atoms with Gasteiger partial charge in [0.2, 0.25) is 5.91 Å². The second-order valence-electron chi connectivity index (χ2n) is 7.36. The predicted molar refractivity (Wildman–Crippen MR) is 91.7 cm³/mol. The second-order valence-corrected chi connectivity index (χ2v) is 7.36. The standard InChI is InChI=1S/C19H26N2O3/c1-13-10-14(2)12-20(11-13)19(24)16-7-5-9-21(16)18(23)15-6-3-4-8-17(15)22/h3-4,6,8,13-14,16,22H,5,7,9-12H2,1-2H3/t13-,14+,16-/m0/s1. The number of hydrogen-bond acceptors (Lipinski definition) is 3. The minimum absolute atomic E-state index is 0.0270. The van der Waals surface area contributed by atoms with Crippen molar-refractivity contribution in [3.8, 4) is 5.75 Å². The zero-order valence-electron chi connectivity index (χ0n) is 14.4. The maximum absolute atomic E-state index is 13.0. The number of nitrogens with zero attached hydrogens (tertiary/aromatic N) is 2. The van der Waals surface area contributed by atoms with E-state index in [-0.39, 0.29) is 23.1 Å². The Balaban J connectivity index is 1.77. The van der Waals surface area contributed by atoms with Crippen LogP contribution in [0.1, 0.15) is 43.5 Å². The third-order valence-electron chi connectivity index (χ3n) is 5.11. The summed E-state index contributed by atoms with van der Waals surface area (Å²) >= 11 is 0. The summed E-state index contributed by atoms with van der Waals surface area (Å²) in [6, 6.07) is 6.15. The maximum atomic E-state index is 13.0. The first-order chi connectivity index (χ1) is 11.5. The quantitative estimate of drug-likeness (QED) is 0.906. The molecule has 0 bridgehead atoms. The monoisotopic (exact) mass is 330 g/mol. The van der Waals surface area contributed by atoms with Gasteiger partial charge in [-0.3, -0.25) is 9.59 Å². The first-order valence-electron chi connectivity index (χ1n) is 8.85. The number of carbonyl (C=O) groups is 2. The number of hydrogen-bond donors (Lipinski definition) is 1. The highest BCUT2D eigenvalue weighted by molar-refractivity contribution is 5.99. The molecule has 1 aromatic carbocycles. The fourth-order valence-electron chi connectivity index (χ4n) is 4.13. The zero-order valence-corrected chi connectivity index (χ0v) is 14.4. The van der Waals surface area contributed by atoms with E-state index in [2.05, 4.69) is 13.8 Å². The molecule has 2 amide bonds. The van der Waals surface area contributed by atoms with Gasteiger partial charge in [-0.05, 0) is 43.2 Å².